The lowest BCUT2D eigenvalue weighted by Crippen LogP contribution is -2.05. The Bertz CT molecular complexity index is 286. The van der Waals surface area contributed by atoms with Gasteiger partial charge >= 0.3 is 0 Å². The number of rotatable bonds is 3. The van der Waals surface area contributed by atoms with Crippen molar-refractivity contribution in [3.63, 3.8) is 0 Å². The summed E-state index contributed by atoms with van der Waals surface area (Å²) in [5.41, 5.74) is 6.16. The van der Waals surface area contributed by atoms with Gasteiger partial charge in [0.2, 0.25) is 0 Å². The van der Waals surface area contributed by atoms with Crippen LogP contribution in [-0.4, -0.2) is 6.54 Å². The molecule has 0 heterocycles. The quantitative estimate of drug-likeness (QED) is 0.768. The third-order valence-corrected chi connectivity index (χ3v) is 2.11. The van der Waals surface area contributed by atoms with Crippen LogP contribution in [0.3, 0.4) is 0 Å². The molecule has 0 amide bonds. The minimum Gasteiger partial charge on any atom is -0.330 e. The Kier molecular flexibility index (Phi) is 3.37. The van der Waals surface area contributed by atoms with Gasteiger partial charge in [-0.25, -0.2) is 8.78 Å². The number of hydrogen-bond donors (Lipinski definition) is 1. The molecule has 0 saturated carbocycles. The molecule has 1 unspecified atom stereocenters. The second-order valence-corrected chi connectivity index (χ2v) is 3.15. The van der Waals surface area contributed by atoms with Crippen LogP contribution in [-0.2, 0) is 0 Å². The second kappa shape index (κ2) is 4.33. The molecule has 0 spiro atoms. The Hall–Kier alpha value is -0.960. The van der Waals surface area contributed by atoms with Gasteiger partial charge < -0.3 is 5.73 Å². The van der Waals surface area contributed by atoms with Crippen LogP contribution < -0.4 is 5.73 Å². The second-order valence-electron chi connectivity index (χ2n) is 3.15. The smallest absolute Gasteiger partial charge is 0.159 e. The van der Waals surface area contributed by atoms with E-state index in [1.54, 1.807) is 6.07 Å². The third kappa shape index (κ3) is 2.49. The van der Waals surface area contributed by atoms with E-state index in [0.717, 1.165) is 18.1 Å². The van der Waals surface area contributed by atoms with Crippen molar-refractivity contribution in [3.8, 4) is 0 Å². The van der Waals surface area contributed by atoms with E-state index in [0.29, 0.717) is 6.54 Å². The SMILES string of the molecule is CC(CCN)c1ccc(F)c(F)c1. The van der Waals surface area contributed by atoms with Gasteiger partial charge in [-0.3, -0.25) is 0 Å². The van der Waals surface area contributed by atoms with E-state index in [2.05, 4.69) is 0 Å². The number of halogens is 2. The van der Waals surface area contributed by atoms with Crippen LogP contribution in [0.1, 0.15) is 24.8 Å². The van der Waals surface area contributed by atoms with Crippen LogP contribution in [0, 0.1) is 11.6 Å². The number of nitrogens with two attached hydrogens (primary N) is 1. The average Bonchev–Trinajstić information content (AvgIpc) is 2.10. The van der Waals surface area contributed by atoms with E-state index in [9.17, 15) is 8.78 Å². The highest BCUT2D eigenvalue weighted by atomic mass is 19.2. The molecule has 0 aliphatic carbocycles. The minimum atomic E-state index is -0.802. The topological polar surface area (TPSA) is 26.0 Å². The molecule has 0 radical (unpaired) electrons. The zero-order chi connectivity index (χ0) is 9.84. The van der Waals surface area contributed by atoms with Crippen molar-refractivity contribution in [2.24, 2.45) is 5.73 Å². The summed E-state index contributed by atoms with van der Waals surface area (Å²) >= 11 is 0. The van der Waals surface area contributed by atoms with E-state index in [-0.39, 0.29) is 5.92 Å². The molecule has 1 aromatic rings. The van der Waals surface area contributed by atoms with Crippen LogP contribution in [0.15, 0.2) is 18.2 Å². The molecule has 0 aliphatic rings. The first-order chi connectivity index (χ1) is 6.15. The molecule has 72 valence electrons. The van der Waals surface area contributed by atoms with Gasteiger partial charge in [-0.05, 0) is 36.6 Å². The predicted octanol–water partition coefficient (Wildman–Crippen LogP) is 2.42. The number of benzene rings is 1. The fourth-order valence-corrected chi connectivity index (χ4v) is 1.24. The summed E-state index contributed by atoms with van der Waals surface area (Å²) in [4.78, 5) is 0. The lowest BCUT2D eigenvalue weighted by atomic mass is 9.98. The monoisotopic (exact) mass is 185 g/mol. The molecule has 1 nitrogen and oxygen atoms in total. The highest BCUT2D eigenvalue weighted by Crippen LogP contribution is 2.20. The van der Waals surface area contributed by atoms with Crippen molar-refractivity contribution < 1.29 is 8.78 Å². The van der Waals surface area contributed by atoms with Gasteiger partial charge in [-0.1, -0.05) is 13.0 Å². The lowest BCUT2D eigenvalue weighted by molar-refractivity contribution is 0.505. The molecule has 1 atom stereocenters. The molecule has 0 aliphatic heterocycles. The van der Waals surface area contributed by atoms with Crippen molar-refractivity contribution in [2.75, 3.05) is 6.54 Å². The summed E-state index contributed by atoms with van der Waals surface area (Å²) in [6.45, 7) is 2.50. The van der Waals surface area contributed by atoms with Gasteiger partial charge in [-0.2, -0.15) is 0 Å². The van der Waals surface area contributed by atoms with Crippen LogP contribution >= 0.6 is 0 Å². The van der Waals surface area contributed by atoms with Crippen molar-refractivity contribution in [3.05, 3.63) is 35.4 Å². The molecule has 0 saturated heterocycles. The Morgan fingerprint density at radius 2 is 2.00 bits per heavy atom. The molecule has 0 aromatic heterocycles. The fraction of sp³-hybridized carbons (Fsp3) is 0.400. The maximum atomic E-state index is 12.8. The highest BCUT2D eigenvalue weighted by molar-refractivity contribution is 5.21. The fourth-order valence-electron chi connectivity index (χ4n) is 1.24. The first-order valence-electron chi connectivity index (χ1n) is 4.30. The number of hydrogen-bond acceptors (Lipinski definition) is 1. The first-order valence-corrected chi connectivity index (χ1v) is 4.30. The van der Waals surface area contributed by atoms with E-state index >= 15 is 0 Å². The zero-order valence-electron chi connectivity index (χ0n) is 7.56. The molecule has 1 rings (SSSR count). The summed E-state index contributed by atoms with van der Waals surface area (Å²) in [5, 5.41) is 0. The maximum absolute atomic E-state index is 12.8. The lowest BCUT2D eigenvalue weighted by Gasteiger charge is -2.10. The van der Waals surface area contributed by atoms with Crippen LogP contribution in [0.2, 0.25) is 0 Å². The van der Waals surface area contributed by atoms with Crippen molar-refractivity contribution in [1.29, 1.82) is 0 Å². The van der Waals surface area contributed by atoms with Crippen molar-refractivity contribution >= 4 is 0 Å². The normalized spacial score (nSPS) is 12.9. The Balaban J connectivity index is 2.84. The molecular formula is C10H13F2N. The van der Waals surface area contributed by atoms with Gasteiger partial charge in [0.1, 0.15) is 0 Å². The van der Waals surface area contributed by atoms with Gasteiger partial charge in [0.15, 0.2) is 11.6 Å². The molecule has 13 heavy (non-hydrogen) atoms. The average molecular weight is 185 g/mol. The molecule has 3 heteroatoms. The third-order valence-electron chi connectivity index (χ3n) is 2.11. The van der Waals surface area contributed by atoms with Crippen LogP contribution in [0.5, 0.6) is 0 Å². The van der Waals surface area contributed by atoms with Gasteiger partial charge in [0.25, 0.3) is 0 Å². The molecule has 0 fully saturated rings. The van der Waals surface area contributed by atoms with Crippen molar-refractivity contribution in [1.82, 2.24) is 0 Å². The summed E-state index contributed by atoms with van der Waals surface area (Å²) < 4.78 is 25.3. The molecule has 0 bridgehead atoms. The molecule has 2 N–H and O–H groups in total. The zero-order valence-corrected chi connectivity index (χ0v) is 7.56. The van der Waals surface area contributed by atoms with E-state index < -0.39 is 11.6 Å². The standard InChI is InChI=1S/C10H13F2N/c1-7(4-5-13)8-2-3-9(11)10(12)6-8/h2-3,6-7H,4-5,13H2,1H3. The summed E-state index contributed by atoms with van der Waals surface area (Å²) in [6, 6.07) is 3.98. The Morgan fingerprint density at radius 1 is 1.31 bits per heavy atom. The predicted molar refractivity (Wildman–Crippen MR) is 48.4 cm³/mol. The first kappa shape index (κ1) is 10.1. The Morgan fingerprint density at radius 3 is 2.54 bits per heavy atom. The highest BCUT2D eigenvalue weighted by Gasteiger charge is 2.07. The summed E-state index contributed by atoms with van der Waals surface area (Å²) in [5.74, 6) is -1.41. The minimum absolute atomic E-state index is 0.181. The van der Waals surface area contributed by atoms with Crippen LogP contribution in [0.4, 0.5) is 8.78 Å². The summed E-state index contributed by atoms with van der Waals surface area (Å²) in [6.07, 6.45) is 0.783. The Labute approximate surface area is 76.6 Å². The van der Waals surface area contributed by atoms with E-state index in [1.165, 1.54) is 6.07 Å². The largest absolute Gasteiger partial charge is 0.330 e. The van der Waals surface area contributed by atoms with E-state index in [4.69, 9.17) is 5.73 Å². The van der Waals surface area contributed by atoms with Gasteiger partial charge in [-0.15, -0.1) is 0 Å². The maximum Gasteiger partial charge on any atom is 0.159 e. The van der Waals surface area contributed by atoms with Gasteiger partial charge in [0.05, 0.1) is 0 Å². The molecule has 1 aromatic carbocycles. The summed E-state index contributed by atoms with van der Waals surface area (Å²) in [7, 11) is 0. The van der Waals surface area contributed by atoms with Crippen molar-refractivity contribution in [2.45, 2.75) is 19.3 Å². The van der Waals surface area contributed by atoms with Crippen LogP contribution in [0.25, 0.3) is 0 Å². The van der Waals surface area contributed by atoms with Gasteiger partial charge in [0, 0.05) is 0 Å². The van der Waals surface area contributed by atoms with E-state index in [1.807, 2.05) is 6.92 Å². The molecular weight excluding hydrogens is 172 g/mol.